The summed E-state index contributed by atoms with van der Waals surface area (Å²) in [6.07, 6.45) is -16.5. The number of nitrogens with zero attached hydrogens (tertiary/aromatic N) is 2. The minimum absolute atomic E-state index is 0.0128. The van der Waals surface area contributed by atoms with Gasteiger partial charge in [0.25, 0.3) is 0 Å². The molecule has 0 aliphatic rings. The fraction of sp³-hybridized carbons (Fsp3) is 0.308. The van der Waals surface area contributed by atoms with Crippen molar-refractivity contribution in [2.75, 3.05) is 0 Å². The van der Waals surface area contributed by atoms with Crippen molar-refractivity contribution >= 4 is 31.9 Å². The van der Waals surface area contributed by atoms with E-state index in [9.17, 15) is 43.9 Å². The highest BCUT2D eigenvalue weighted by molar-refractivity contribution is 9.10. The molecule has 0 unspecified atom stereocenters. The summed E-state index contributed by atoms with van der Waals surface area (Å²) < 4.78 is 131. The van der Waals surface area contributed by atoms with Crippen LogP contribution in [-0.4, -0.2) is 22.1 Å². The molecule has 27 heavy (non-hydrogen) atoms. The molecule has 150 valence electrons. The van der Waals surface area contributed by atoms with Crippen LogP contribution in [0.1, 0.15) is 11.1 Å². The molecule has 1 heterocycles. The molecule has 0 aliphatic heterocycles. The smallest absolute Gasteiger partial charge is 0.238 e. The van der Waals surface area contributed by atoms with Gasteiger partial charge in [-0.05, 0) is 44.0 Å². The number of benzene rings is 1. The van der Waals surface area contributed by atoms with Crippen molar-refractivity contribution in [3.63, 3.8) is 0 Å². The van der Waals surface area contributed by atoms with E-state index in [1.165, 1.54) is 0 Å². The quantitative estimate of drug-likeness (QED) is 0.390. The molecule has 0 fully saturated rings. The first-order valence-electron chi connectivity index (χ1n) is 6.44. The number of hydrogen-bond acceptors (Lipinski definition) is 1. The highest BCUT2D eigenvalue weighted by Crippen LogP contribution is 2.54. The Morgan fingerprint density at radius 2 is 1.33 bits per heavy atom. The third kappa shape index (κ3) is 3.82. The van der Waals surface area contributed by atoms with Gasteiger partial charge in [-0.2, -0.15) is 44.6 Å². The standard InChI is InChI=1S/C13H4Br2F10N2/c14-6-3-26-27(4-6)9-7(11(17,18)19)1-5(2-8(9)15)10(16,12(20,21)22)13(23,24)25/h1-4H. The van der Waals surface area contributed by atoms with Crippen molar-refractivity contribution in [1.82, 2.24) is 9.78 Å². The van der Waals surface area contributed by atoms with Crippen LogP contribution < -0.4 is 0 Å². The maximum absolute atomic E-state index is 14.2. The van der Waals surface area contributed by atoms with Crippen molar-refractivity contribution < 1.29 is 43.9 Å². The van der Waals surface area contributed by atoms with Gasteiger partial charge in [-0.1, -0.05) is 0 Å². The Hall–Kier alpha value is -1.31. The molecule has 0 amide bonds. The van der Waals surface area contributed by atoms with Crippen LogP contribution in [0, 0.1) is 0 Å². The summed E-state index contributed by atoms with van der Waals surface area (Å²) in [6, 6.07) is -0.544. The maximum atomic E-state index is 14.2. The van der Waals surface area contributed by atoms with Gasteiger partial charge in [0, 0.05) is 16.2 Å². The first-order valence-corrected chi connectivity index (χ1v) is 8.03. The zero-order chi connectivity index (χ0) is 21.0. The fourth-order valence-corrected chi connectivity index (χ4v) is 3.09. The van der Waals surface area contributed by atoms with Crippen molar-refractivity contribution in [3.05, 3.63) is 44.6 Å². The van der Waals surface area contributed by atoms with E-state index in [0.29, 0.717) is 4.68 Å². The van der Waals surface area contributed by atoms with Gasteiger partial charge in [0.2, 0.25) is 0 Å². The molecule has 0 radical (unpaired) electrons. The first-order chi connectivity index (χ1) is 12.0. The van der Waals surface area contributed by atoms with Gasteiger partial charge < -0.3 is 0 Å². The van der Waals surface area contributed by atoms with E-state index in [1.54, 1.807) is 0 Å². The molecular weight excluding hydrogens is 534 g/mol. The average molecular weight is 538 g/mol. The Balaban J connectivity index is 2.88. The molecular formula is C13H4Br2F10N2. The predicted octanol–water partition coefficient (Wildman–Crippen LogP) is 6.71. The van der Waals surface area contributed by atoms with Crippen LogP contribution in [0.4, 0.5) is 43.9 Å². The van der Waals surface area contributed by atoms with E-state index in [0.717, 1.165) is 12.4 Å². The minimum atomic E-state index is -6.55. The van der Waals surface area contributed by atoms with Crippen LogP contribution in [0.3, 0.4) is 0 Å². The van der Waals surface area contributed by atoms with Crippen LogP contribution in [-0.2, 0) is 11.8 Å². The first kappa shape index (κ1) is 22.0. The van der Waals surface area contributed by atoms with Gasteiger partial charge >= 0.3 is 24.2 Å². The lowest BCUT2D eigenvalue weighted by Crippen LogP contribution is -2.50. The summed E-state index contributed by atoms with van der Waals surface area (Å²) in [5, 5.41) is 3.51. The van der Waals surface area contributed by atoms with Crippen LogP contribution in [0.15, 0.2) is 33.5 Å². The average Bonchev–Trinajstić information content (AvgIpc) is 2.88. The molecule has 14 heteroatoms. The molecule has 1 aromatic carbocycles. The van der Waals surface area contributed by atoms with E-state index < -0.39 is 51.6 Å². The number of rotatable bonds is 2. The lowest BCUT2D eigenvalue weighted by Gasteiger charge is -2.31. The fourth-order valence-electron chi connectivity index (χ4n) is 2.16. The molecule has 0 N–H and O–H groups in total. The highest BCUT2D eigenvalue weighted by Gasteiger charge is 2.73. The molecule has 0 atom stereocenters. The molecule has 0 aliphatic carbocycles. The lowest BCUT2D eigenvalue weighted by molar-refractivity contribution is -0.348. The summed E-state index contributed by atoms with van der Waals surface area (Å²) in [6.45, 7) is 0. The topological polar surface area (TPSA) is 17.8 Å². The van der Waals surface area contributed by atoms with Crippen LogP contribution in [0.2, 0.25) is 0 Å². The van der Waals surface area contributed by atoms with Crippen molar-refractivity contribution in [1.29, 1.82) is 0 Å². The second kappa shape index (κ2) is 6.64. The number of alkyl halides is 10. The Morgan fingerprint density at radius 3 is 1.70 bits per heavy atom. The SMILES string of the molecule is FC(F)(F)c1cc(C(F)(C(F)(F)F)C(F)(F)F)cc(Br)c1-n1cc(Br)cn1. The minimum Gasteiger partial charge on any atom is -0.238 e. The number of aromatic nitrogens is 2. The molecule has 0 saturated carbocycles. The van der Waals surface area contributed by atoms with Gasteiger partial charge in [-0.3, -0.25) is 0 Å². The van der Waals surface area contributed by atoms with E-state index in [2.05, 4.69) is 37.0 Å². The monoisotopic (exact) mass is 536 g/mol. The second-order valence-electron chi connectivity index (χ2n) is 5.11. The Bertz CT molecular complexity index is 836. The Morgan fingerprint density at radius 1 is 0.815 bits per heavy atom. The number of hydrogen-bond donors (Lipinski definition) is 0. The lowest BCUT2D eigenvalue weighted by atomic mass is 9.92. The zero-order valence-corrected chi connectivity index (χ0v) is 15.4. The molecule has 2 nitrogen and oxygen atoms in total. The van der Waals surface area contributed by atoms with Gasteiger partial charge in [0.15, 0.2) is 0 Å². The predicted molar refractivity (Wildman–Crippen MR) is 78.9 cm³/mol. The number of halogens is 12. The summed E-state index contributed by atoms with van der Waals surface area (Å²) in [5.74, 6) is 0. The summed E-state index contributed by atoms with van der Waals surface area (Å²) in [4.78, 5) is 0. The van der Waals surface area contributed by atoms with Crippen LogP contribution in [0.25, 0.3) is 5.69 Å². The van der Waals surface area contributed by atoms with Crippen LogP contribution >= 0.6 is 31.9 Å². The Kier molecular flexibility index (Phi) is 5.40. The van der Waals surface area contributed by atoms with Gasteiger partial charge in [0.1, 0.15) is 0 Å². The molecule has 0 saturated heterocycles. The third-order valence-electron chi connectivity index (χ3n) is 3.33. The van der Waals surface area contributed by atoms with Crippen LogP contribution in [0.5, 0.6) is 0 Å². The van der Waals surface area contributed by atoms with E-state index >= 15 is 0 Å². The highest BCUT2D eigenvalue weighted by atomic mass is 79.9. The largest absolute Gasteiger partial charge is 0.435 e. The third-order valence-corrected chi connectivity index (χ3v) is 4.34. The maximum Gasteiger partial charge on any atom is 0.435 e. The molecule has 2 aromatic rings. The summed E-state index contributed by atoms with van der Waals surface area (Å²) in [5.41, 5.74) is -11.1. The summed E-state index contributed by atoms with van der Waals surface area (Å²) in [7, 11) is 0. The normalized spacial score (nSPS) is 13.9. The van der Waals surface area contributed by atoms with E-state index in [4.69, 9.17) is 0 Å². The van der Waals surface area contributed by atoms with Crippen molar-refractivity contribution in [2.24, 2.45) is 0 Å². The van der Waals surface area contributed by atoms with E-state index in [1.807, 2.05) is 0 Å². The zero-order valence-electron chi connectivity index (χ0n) is 12.2. The summed E-state index contributed by atoms with van der Waals surface area (Å²) >= 11 is 5.37. The van der Waals surface area contributed by atoms with Gasteiger partial charge in [-0.15, -0.1) is 0 Å². The van der Waals surface area contributed by atoms with E-state index in [-0.39, 0.29) is 10.5 Å². The molecule has 1 aromatic heterocycles. The van der Waals surface area contributed by atoms with Crippen molar-refractivity contribution in [3.8, 4) is 5.69 Å². The van der Waals surface area contributed by atoms with Gasteiger partial charge in [0.05, 0.1) is 21.9 Å². The van der Waals surface area contributed by atoms with Crippen molar-refractivity contribution in [2.45, 2.75) is 24.2 Å². The molecule has 0 bridgehead atoms. The molecule has 2 rings (SSSR count). The molecule has 0 spiro atoms. The van der Waals surface area contributed by atoms with Gasteiger partial charge in [-0.25, -0.2) is 9.07 Å². The Labute approximate surface area is 160 Å². The second-order valence-corrected chi connectivity index (χ2v) is 6.88.